The first-order valence-corrected chi connectivity index (χ1v) is 25.6. The maximum Gasteiger partial charge on any atom is 0.469 e. The van der Waals surface area contributed by atoms with Gasteiger partial charge in [0, 0.05) is 32.5 Å². The lowest BCUT2D eigenvalue weighted by Gasteiger charge is -2.34. The summed E-state index contributed by atoms with van der Waals surface area (Å²) >= 11 is 0. The lowest BCUT2D eigenvalue weighted by molar-refractivity contribution is -0.463. The number of carboxylic acid groups (broad SMARTS) is 1. The predicted octanol–water partition coefficient (Wildman–Crippen LogP) is -3.83. The van der Waals surface area contributed by atoms with Gasteiger partial charge in [0.25, 0.3) is 5.91 Å². The van der Waals surface area contributed by atoms with Gasteiger partial charge in [-0.25, -0.2) is 9.36 Å². The fourth-order valence-electron chi connectivity index (χ4n) is 9.06. The molecule has 0 unspecified atom stereocenters. The Morgan fingerprint density at radius 3 is 1.89 bits per heavy atom. The Bertz CT molecular complexity index is 2090. The van der Waals surface area contributed by atoms with E-state index in [2.05, 4.69) is 32.0 Å². The number of carboxylic acids is 1. The Hall–Kier alpha value is -5.68. The number of quaternary nitrogens is 1. The molecular weight excluding hydrogens is 934 g/mol. The summed E-state index contributed by atoms with van der Waals surface area (Å²) in [4.78, 5) is 136. The fraction of sp³-hybridized carbons (Fsp3) is 0.667. The third-order valence-corrected chi connectivity index (χ3v) is 13.4. The van der Waals surface area contributed by atoms with Crippen molar-refractivity contribution in [2.45, 2.75) is 147 Å². The minimum atomic E-state index is -5.18. The number of phosphoric acid groups is 1. The van der Waals surface area contributed by atoms with Crippen molar-refractivity contribution in [2.75, 3.05) is 32.8 Å². The normalized spacial score (nSPS) is 20.7. The molecule has 0 aliphatic carbocycles. The molecule has 3 saturated heterocycles. The highest BCUT2D eigenvalue weighted by Gasteiger charge is 2.46. The average molecular weight is 1010 g/mol. The predicted molar refractivity (Wildman–Crippen MR) is 252 cm³/mol. The van der Waals surface area contributed by atoms with Crippen molar-refractivity contribution in [3.8, 4) is 0 Å². The molecule has 25 heteroatoms. The average Bonchev–Trinajstić information content (AvgIpc) is 4.11. The summed E-state index contributed by atoms with van der Waals surface area (Å²) in [6, 6.07) is -0.392. The number of carbonyl (C=O) groups is 8. The van der Waals surface area contributed by atoms with E-state index >= 15 is 0 Å². The number of carbonyl (C=O) groups excluding carboxylic acids is 7. The van der Waals surface area contributed by atoms with Gasteiger partial charge in [0.15, 0.2) is 6.04 Å². The van der Waals surface area contributed by atoms with Gasteiger partial charge in [-0.05, 0) is 68.8 Å². The van der Waals surface area contributed by atoms with Crippen LogP contribution in [0.1, 0.15) is 97.5 Å². The standard InChI is InChI=1S/C45H72N11O13P/c1-5-27(4)36(53-37(57)29(46)15-9-19-49-45(47)48)40(60)52-32(25-69-70(66,67)68)42(62)56-22-12-18-35(56)43(63)55-21-11-17-34(55)38(58)50-30(23-26(2)3)41(61)54-20-10-16-33(54)39(59)51-31(44(64)65)24-28-13-7-6-8-14-28/h6-8,13-14,26-27,29-36H,5,9-12,15-25,46H2,1-4H3,(H,50,58)(H,51,59)(H,52,60)(H,53,57)(H,64,65)(H4,47,48,49)(H2,66,67,68)/p+2/t27-,29-,30-,31-,32-,33-,34-,35-,36-/m0/s1. The van der Waals surface area contributed by atoms with Gasteiger partial charge < -0.3 is 56.6 Å². The van der Waals surface area contributed by atoms with Crippen LogP contribution >= 0.6 is 7.82 Å². The van der Waals surface area contributed by atoms with Crippen LogP contribution in [0.2, 0.25) is 0 Å². The molecule has 3 aliphatic rings. The van der Waals surface area contributed by atoms with E-state index in [-0.39, 0.29) is 63.6 Å². The number of nitrogens with one attached hydrogen (secondary N) is 5. The maximum atomic E-state index is 14.4. The molecule has 70 heavy (non-hydrogen) atoms. The summed E-state index contributed by atoms with van der Waals surface area (Å²) in [5.74, 6) is -6.40. The van der Waals surface area contributed by atoms with Crippen molar-refractivity contribution in [3.05, 3.63) is 35.9 Å². The molecule has 15 N–H and O–H groups in total. The second-order valence-electron chi connectivity index (χ2n) is 18.8. The zero-order chi connectivity index (χ0) is 51.9. The largest absolute Gasteiger partial charge is 0.480 e. The van der Waals surface area contributed by atoms with Crippen molar-refractivity contribution in [1.82, 2.24) is 36.0 Å². The Morgan fingerprint density at radius 1 is 0.786 bits per heavy atom. The zero-order valence-corrected chi connectivity index (χ0v) is 41.4. The fourth-order valence-corrected chi connectivity index (χ4v) is 9.40. The molecule has 24 nitrogen and oxygen atoms in total. The van der Waals surface area contributed by atoms with E-state index in [9.17, 15) is 57.8 Å². The van der Waals surface area contributed by atoms with Crippen LogP contribution in [0.4, 0.5) is 0 Å². The Labute approximate surface area is 407 Å². The molecule has 0 saturated carbocycles. The van der Waals surface area contributed by atoms with E-state index in [1.54, 1.807) is 44.2 Å². The molecule has 390 valence electrons. The highest BCUT2D eigenvalue weighted by Crippen LogP contribution is 2.36. The number of nitrogens with zero attached hydrogens (tertiary/aromatic N) is 3. The number of aliphatic carboxylic acids is 1. The minimum absolute atomic E-state index is 0.0205. The number of benzene rings is 1. The Morgan fingerprint density at radius 2 is 1.33 bits per heavy atom. The monoisotopic (exact) mass is 1010 g/mol. The van der Waals surface area contributed by atoms with E-state index in [0.29, 0.717) is 50.6 Å². The van der Waals surface area contributed by atoms with Crippen LogP contribution in [-0.4, -0.2) is 164 Å². The van der Waals surface area contributed by atoms with Gasteiger partial charge >= 0.3 is 19.8 Å². The number of rotatable bonds is 25. The Balaban J connectivity index is 1.48. The molecule has 3 heterocycles. The summed E-state index contributed by atoms with van der Waals surface area (Å²) in [5, 5.41) is 20.6. The molecule has 0 bridgehead atoms. The summed E-state index contributed by atoms with van der Waals surface area (Å²) in [7, 11) is -5.18. The van der Waals surface area contributed by atoms with E-state index in [0.717, 1.165) is 0 Å². The van der Waals surface area contributed by atoms with E-state index in [1.165, 1.54) is 14.7 Å². The number of guanidine groups is 1. The minimum Gasteiger partial charge on any atom is -0.480 e. The highest BCUT2D eigenvalue weighted by molar-refractivity contribution is 7.46. The molecule has 0 spiro atoms. The summed E-state index contributed by atoms with van der Waals surface area (Å²) in [6.07, 6.45) is 3.32. The molecule has 3 aliphatic heterocycles. The number of phosphoric ester groups is 1. The number of hydrogen-bond acceptors (Lipinski definition) is 10. The van der Waals surface area contributed by atoms with Gasteiger partial charge in [-0.3, -0.25) is 54.5 Å². The van der Waals surface area contributed by atoms with Gasteiger partial charge in [-0.15, -0.1) is 0 Å². The third-order valence-electron chi connectivity index (χ3n) is 13.0. The van der Waals surface area contributed by atoms with Crippen LogP contribution in [0.25, 0.3) is 0 Å². The summed E-state index contributed by atoms with van der Waals surface area (Å²) < 4.78 is 16.6. The van der Waals surface area contributed by atoms with Gasteiger partial charge in [0.1, 0.15) is 42.3 Å². The van der Waals surface area contributed by atoms with Crippen molar-refractivity contribution in [2.24, 2.45) is 23.3 Å². The zero-order valence-electron chi connectivity index (χ0n) is 40.5. The van der Waals surface area contributed by atoms with Gasteiger partial charge in [0.05, 0.1) is 13.2 Å². The first kappa shape index (κ1) is 56.9. The molecular formula is C45H74N11O13P+2. The lowest BCUT2D eigenvalue weighted by Crippen LogP contribution is -2.78. The van der Waals surface area contributed by atoms with Gasteiger partial charge in [0.2, 0.25) is 35.4 Å². The van der Waals surface area contributed by atoms with Gasteiger partial charge in [-0.1, -0.05) is 64.4 Å². The molecule has 3 fully saturated rings. The highest BCUT2D eigenvalue weighted by atomic mass is 31.2. The molecule has 0 aromatic heterocycles. The van der Waals surface area contributed by atoms with Crippen LogP contribution < -0.4 is 43.5 Å². The first-order valence-electron chi connectivity index (χ1n) is 24.1. The maximum absolute atomic E-state index is 14.4. The molecule has 0 radical (unpaired) electrons. The van der Waals surface area contributed by atoms with Crippen LogP contribution in [0.3, 0.4) is 0 Å². The first-order chi connectivity index (χ1) is 33.0. The van der Waals surface area contributed by atoms with Crippen molar-refractivity contribution >= 4 is 61.1 Å². The van der Waals surface area contributed by atoms with Crippen molar-refractivity contribution in [3.63, 3.8) is 0 Å². The molecule has 1 aromatic carbocycles. The SMILES string of the molecule is CC[C@H](C)[C@H](NC(=O)[C@@H]([NH3+])CCC[NH+]=C(N)N)C(=O)N[C@@H](COP(=O)(O)O)C(=O)N1CCC[C@H]1C(=O)N1CCC[C@H]1C(=O)N[C@@H](CC(C)C)C(=O)N1CCC[C@H]1C(=O)N[C@@H](Cc1ccccc1)C(=O)O. The van der Waals surface area contributed by atoms with Crippen LogP contribution in [0.5, 0.6) is 0 Å². The lowest BCUT2D eigenvalue weighted by atomic mass is 9.97. The third kappa shape index (κ3) is 16.5. The van der Waals surface area contributed by atoms with Crippen molar-refractivity contribution in [1.29, 1.82) is 0 Å². The van der Waals surface area contributed by atoms with Crippen LogP contribution in [-0.2, 0) is 53.9 Å². The van der Waals surface area contributed by atoms with E-state index in [4.69, 9.17) is 16.0 Å². The van der Waals surface area contributed by atoms with Crippen molar-refractivity contribution < 1.29 is 73.1 Å². The summed E-state index contributed by atoms with van der Waals surface area (Å²) in [6.45, 7) is 6.96. The van der Waals surface area contributed by atoms with Gasteiger partial charge in [-0.2, -0.15) is 0 Å². The molecule has 4 rings (SSSR count). The van der Waals surface area contributed by atoms with E-state index < -0.39 is 116 Å². The number of hydrogen-bond donors (Lipinski definition) is 11. The van der Waals surface area contributed by atoms with Crippen LogP contribution in [0, 0.1) is 11.8 Å². The second kappa shape index (κ2) is 26.5. The smallest absolute Gasteiger partial charge is 0.469 e. The molecule has 1 aromatic rings. The second-order valence-corrected chi connectivity index (χ2v) is 20.0. The summed E-state index contributed by atoms with van der Waals surface area (Å²) in [5.41, 5.74) is 15.4. The van der Waals surface area contributed by atoms with E-state index in [1.807, 2.05) is 13.8 Å². The van der Waals surface area contributed by atoms with Crippen LogP contribution in [0.15, 0.2) is 30.3 Å². The molecule has 9 atom stereocenters. The Kier molecular flexibility index (Phi) is 21.5. The quantitative estimate of drug-likeness (QED) is 0.0194. The number of nitrogens with two attached hydrogens (primary N) is 2. The molecule has 7 amide bonds. The topological polar surface area (TPSA) is 375 Å². The number of likely N-dealkylation sites (tertiary alicyclic amines) is 3. The number of amides is 7.